The summed E-state index contributed by atoms with van der Waals surface area (Å²) in [7, 11) is 0. The zero-order valence-corrected chi connectivity index (χ0v) is 14.9. The highest BCUT2D eigenvalue weighted by Crippen LogP contribution is 2.31. The topological polar surface area (TPSA) is 44.2 Å². The van der Waals surface area contributed by atoms with Crippen LogP contribution >= 0.6 is 23.2 Å². The van der Waals surface area contributed by atoms with Crippen LogP contribution in [0.2, 0.25) is 10.0 Å². The number of ether oxygens (including phenoxy) is 2. The molecule has 128 valence electrons. The van der Waals surface area contributed by atoms with E-state index in [1.54, 1.807) is 48.5 Å². The fraction of sp³-hybridized carbons (Fsp3) is 0. The molecule has 0 spiro atoms. The van der Waals surface area contributed by atoms with Gasteiger partial charge in [0.25, 0.3) is 0 Å². The van der Waals surface area contributed by atoms with E-state index >= 15 is 0 Å². The second-order valence-electron chi connectivity index (χ2n) is 5.44. The molecule has 0 saturated carbocycles. The first kappa shape index (κ1) is 16.6. The van der Waals surface area contributed by atoms with Crippen LogP contribution in [0.25, 0.3) is 10.9 Å². The Labute approximate surface area is 160 Å². The molecule has 0 aliphatic rings. The SMILES string of the molecule is Clc1ccc(Oc2nc(Oc3ccc(Cl)cc3)c3ccccc3n2)cc1. The molecule has 0 aliphatic carbocycles. The van der Waals surface area contributed by atoms with Crippen LogP contribution in [-0.2, 0) is 0 Å². The third kappa shape index (κ3) is 3.72. The molecule has 0 radical (unpaired) electrons. The zero-order chi connectivity index (χ0) is 17.9. The third-order valence-corrected chi connectivity index (χ3v) is 4.10. The lowest BCUT2D eigenvalue weighted by molar-refractivity contribution is 0.417. The van der Waals surface area contributed by atoms with Crippen molar-refractivity contribution in [3.63, 3.8) is 0 Å². The van der Waals surface area contributed by atoms with Gasteiger partial charge >= 0.3 is 6.01 Å². The van der Waals surface area contributed by atoms with Gasteiger partial charge in [-0.05, 0) is 60.7 Å². The molecule has 26 heavy (non-hydrogen) atoms. The van der Waals surface area contributed by atoms with Crippen molar-refractivity contribution in [1.82, 2.24) is 9.97 Å². The summed E-state index contributed by atoms with van der Waals surface area (Å²) < 4.78 is 11.7. The maximum Gasteiger partial charge on any atom is 0.325 e. The summed E-state index contributed by atoms with van der Waals surface area (Å²) >= 11 is 11.8. The molecule has 0 aliphatic heterocycles. The molecule has 0 saturated heterocycles. The molecule has 0 atom stereocenters. The van der Waals surface area contributed by atoms with Crippen LogP contribution in [0.3, 0.4) is 0 Å². The number of hydrogen-bond donors (Lipinski definition) is 0. The molecule has 1 heterocycles. The van der Waals surface area contributed by atoms with Gasteiger partial charge in [-0.2, -0.15) is 9.97 Å². The molecular formula is C20H12Cl2N2O2. The standard InChI is InChI=1S/C20H12Cl2N2O2/c21-13-5-9-15(10-6-13)25-19-17-3-1-2-4-18(17)23-20(24-19)26-16-11-7-14(22)8-12-16/h1-12H. The summed E-state index contributed by atoms with van der Waals surface area (Å²) in [5, 5.41) is 2.05. The molecule has 0 unspecified atom stereocenters. The van der Waals surface area contributed by atoms with Crippen LogP contribution in [0, 0.1) is 0 Å². The van der Waals surface area contributed by atoms with E-state index in [1.165, 1.54) is 0 Å². The number of benzene rings is 3. The Balaban J connectivity index is 1.72. The van der Waals surface area contributed by atoms with Gasteiger partial charge in [0.15, 0.2) is 0 Å². The van der Waals surface area contributed by atoms with Gasteiger partial charge in [0.1, 0.15) is 11.5 Å². The van der Waals surface area contributed by atoms with Crippen LogP contribution in [0.4, 0.5) is 0 Å². The average Bonchev–Trinajstić information content (AvgIpc) is 2.65. The van der Waals surface area contributed by atoms with E-state index in [0.29, 0.717) is 27.4 Å². The van der Waals surface area contributed by atoms with Crippen molar-refractivity contribution in [2.75, 3.05) is 0 Å². The van der Waals surface area contributed by atoms with Crippen molar-refractivity contribution in [2.45, 2.75) is 0 Å². The molecule has 0 fully saturated rings. The molecule has 1 aromatic heterocycles. The number of fused-ring (bicyclic) bond motifs is 1. The first-order valence-electron chi connectivity index (χ1n) is 7.81. The van der Waals surface area contributed by atoms with E-state index in [1.807, 2.05) is 24.3 Å². The van der Waals surface area contributed by atoms with E-state index in [-0.39, 0.29) is 6.01 Å². The first-order chi connectivity index (χ1) is 12.7. The Morgan fingerprint density at radius 2 is 1.19 bits per heavy atom. The van der Waals surface area contributed by atoms with Gasteiger partial charge in [-0.25, -0.2) is 0 Å². The van der Waals surface area contributed by atoms with Crippen molar-refractivity contribution in [3.05, 3.63) is 82.8 Å². The summed E-state index contributed by atoms with van der Waals surface area (Å²) in [6.07, 6.45) is 0. The minimum atomic E-state index is 0.190. The van der Waals surface area contributed by atoms with E-state index in [0.717, 1.165) is 10.9 Å². The van der Waals surface area contributed by atoms with Crippen LogP contribution in [0.15, 0.2) is 72.8 Å². The summed E-state index contributed by atoms with van der Waals surface area (Å²) in [6.45, 7) is 0. The Morgan fingerprint density at radius 1 is 0.615 bits per heavy atom. The zero-order valence-electron chi connectivity index (χ0n) is 13.4. The Kier molecular flexibility index (Phi) is 4.61. The lowest BCUT2D eigenvalue weighted by atomic mass is 10.2. The highest BCUT2D eigenvalue weighted by atomic mass is 35.5. The molecule has 4 rings (SSSR count). The van der Waals surface area contributed by atoms with Gasteiger partial charge in [-0.15, -0.1) is 0 Å². The Morgan fingerprint density at radius 3 is 1.85 bits per heavy atom. The number of hydrogen-bond acceptors (Lipinski definition) is 4. The van der Waals surface area contributed by atoms with Gasteiger partial charge in [0.2, 0.25) is 5.88 Å². The molecule has 0 bridgehead atoms. The predicted octanol–water partition coefficient (Wildman–Crippen LogP) is 6.52. The van der Waals surface area contributed by atoms with E-state index in [2.05, 4.69) is 9.97 Å². The minimum absolute atomic E-state index is 0.190. The second kappa shape index (κ2) is 7.20. The van der Waals surface area contributed by atoms with E-state index < -0.39 is 0 Å². The highest BCUT2D eigenvalue weighted by Gasteiger charge is 2.11. The third-order valence-electron chi connectivity index (χ3n) is 3.60. The fourth-order valence-corrected chi connectivity index (χ4v) is 2.62. The Bertz CT molecular complexity index is 1050. The van der Waals surface area contributed by atoms with E-state index in [4.69, 9.17) is 32.7 Å². The molecule has 4 aromatic rings. The van der Waals surface area contributed by atoms with Gasteiger partial charge < -0.3 is 9.47 Å². The van der Waals surface area contributed by atoms with Crippen LogP contribution < -0.4 is 9.47 Å². The number of aromatic nitrogens is 2. The quantitative estimate of drug-likeness (QED) is 0.402. The minimum Gasteiger partial charge on any atom is -0.438 e. The van der Waals surface area contributed by atoms with Crippen LogP contribution in [0.5, 0.6) is 23.4 Å². The largest absolute Gasteiger partial charge is 0.438 e. The summed E-state index contributed by atoms with van der Waals surface area (Å²) in [5.41, 5.74) is 0.718. The molecule has 0 N–H and O–H groups in total. The Hall–Kier alpha value is -2.82. The van der Waals surface area contributed by atoms with Crippen molar-refractivity contribution < 1.29 is 9.47 Å². The second-order valence-corrected chi connectivity index (χ2v) is 6.31. The predicted molar refractivity (Wildman–Crippen MR) is 103 cm³/mol. The molecule has 0 amide bonds. The van der Waals surface area contributed by atoms with Crippen molar-refractivity contribution >= 4 is 34.1 Å². The number of rotatable bonds is 4. The number of halogens is 2. The van der Waals surface area contributed by atoms with Gasteiger partial charge in [0.05, 0.1) is 10.9 Å². The summed E-state index contributed by atoms with van der Waals surface area (Å²) in [5.74, 6) is 1.61. The first-order valence-corrected chi connectivity index (χ1v) is 8.56. The van der Waals surface area contributed by atoms with Crippen LogP contribution in [-0.4, -0.2) is 9.97 Å². The lowest BCUT2D eigenvalue weighted by Crippen LogP contribution is -1.96. The van der Waals surface area contributed by atoms with Crippen LogP contribution in [0.1, 0.15) is 0 Å². The molecule has 3 aromatic carbocycles. The average molecular weight is 383 g/mol. The van der Waals surface area contributed by atoms with Gasteiger partial charge in [-0.3, -0.25) is 0 Å². The van der Waals surface area contributed by atoms with Crippen molar-refractivity contribution in [2.24, 2.45) is 0 Å². The molecule has 6 heteroatoms. The maximum absolute atomic E-state index is 5.93. The molecular weight excluding hydrogens is 371 g/mol. The smallest absolute Gasteiger partial charge is 0.325 e. The number of nitrogens with zero attached hydrogens (tertiary/aromatic N) is 2. The van der Waals surface area contributed by atoms with Gasteiger partial charge in [-0.1, -0.05) is 35.3 Å². The normalized spacial score (nSPS) is 10.7. The summed E-state index contributed by atoms with van der Waals surface area (Å²) in [4.78, 5) is 8.86. The van der Waals surface area contributed by atoms with Gasteiger partial charge in [0, 0.05) is 10.0 Å². The maximum atomic E-state index is 5.93. The molecule has 4 nitrogen and oxygen atoms in total. The lowest BCUT2D eigenvalue weighted by Gasteiger charge is -2.10. The van der Waals surface area contributed by atoms with Crippen molar-refractivity contribution in [1.29, 1.82) is 0 Å². The van der Waals surface area contributed by atoms with E-state index in [9.17, 15) is 0 Å². The summed E-state index contributed by atoms with van der Waals surface area (Å²) in [6, 6.07) is 21.8. The monoisotopic (exact) mass is 382 g/mol. The fourth-order valence-electron chi connectivity index (χ4n) is 2.37. The number of para-hydroxylation sites is 1. The highest BCUT2D eigenvalue weighted by molar-refractivity contribution is 6.30. The van der Waals surface area contributed by atoms with Crippen molar-refractivity contribution in [3.8, 4) is 23.4 Å².